The Balaban J connectivity index is 2.35. The van der Waals surface area contributed by atoms with Gasteiger partial charge < -0.3 is 4.74 Å². The molecule has 2 rings (SSSR count). The lowest BCUT2D eigenvalue weighted by Gasteiger charge is -2.33. The van der Waals surface area contributed by atoms with Crippen LogP contribution in [0.3, 0.4) is 0 Å². The molecular weight excluding hydrogens is 274 g/mol. The molecule has 1 aliphatic heterocycles. The highest BCUT2D eigenvalue weighted by molar-refractivity contribution is 7.89. The first kappa shape index (κ1) is 13.8. The highest BCUT2D eigenvalue weighted by Crippen LogP contribution is 2.21. The van der Waals surface area contributed by atoms with Crippen molar-refractivity contribution in [3.63, 3.8) is 0 Å². The number of morpholine rings is 1. The van der Waals surface area contributed by atoms with Gasteiger partial charge in [0.25, 0.3) is 0 Å². The highest BCUT2D eigenvalue weighted by Gasteiger charge is 2.33. The molecule has 0 spiro atoms. The van der Waals surface area contributed by atoms with Gasteiger partial charge in [-0.25, -0.2) is 8.42 Å². The highest BCUT2D eigenvalue weighted by atomic mass is 35.5. The van der Waals surface area contributed by atoms with E-state index in [0.29, 0.717) is 24.7 Å². The van der Waals surface area contributed by atoms with Gasteiger partial charge in [0.2, 0.25) is 10.0 Å². The van der Waals surface area contributed by atoms with Gasteiger partial charge in [-0.1, -0.05) is 12.1 Å². The lowest BCUT2D eigenvalue weighted by atomic mass is 10.2. The third-order valence-corrected chi connectivity index (χ3v) is 5.25. The maximum Gasteiger partial charge on any atom is 0.243 e. The van der Waals surface area contributed by atoms with Crippen molar-refractivity contribution < 1.29 is 13.2 Å². The van der Waals surface area contributed by atoms with Crippen molar-refractivity contribution in [2.45, 2.75) is 17.9 Å². The van der Waals surface area contributed by atoms with Gasteiger partial charge in [0.05, 0.1) is 24.2 Å². The number of aryl methyl sites for hydroxylation is 1. The number of halogens is 1. The van der Waals surface area contributed by atoms with E-state index in [-0.39, 0.29) is 11.9 Å². The average molecular weight is 290 g/mol. The van der Waals surface area contributed by atoms with Crippen LogP contribution in [0.4, 0.5) is 0 Å². The van der Waals surface area contributed by atoms with Crippen molar-refractivity contribution in [3.05, 3.63) is 29.8 Å². The number of ether oxygens (including phenoxy) is 1. The minimum absolute atomic E-state index is 0.241. The number of hydrogen-bond donors (Lipinski definition) is 0. The van der Waals surface area contributed by atoms with Crippen LogP contribution in [0.5, 0.6) is 0 Å². The molecule has 1 heterocycles. The molecule has 1 fully saturated rings. The van der Waals surface area contributed by atoms with Crippen LogP contribution in [0.25, 0.3) is 0 Å². The van der Waals surface area contributed by atoms with Gasteiger partial charge in [-0.05, 0) is 24.6 Å². The van der Waals surface area contributed by atoms with Crippen molar-refractivity contribution in [3.8, 4) is 0 Å². The van der Waals surface area contributed by atoms with Crippen LogP contribution in [0.15, 0.2) is 29.2 Å². The second-order valence-electron chi connectivity index (χ2n) is 4.32. The van der Waals surface area contributed by atoms with Crippen molar-refractivity contribution in [1.82, 2.24) is 4.31 Å². The third-order valence-electron chi connectivity index (χ3n) is 2.95. The maximum absolute atomic E-state index is 12.5. The fourth-order valence-corrected chi connectivity index (χ4v) is 4.03. The van der Waals surface area contributed by atoms with Gasteiger partial charge in [0, 0.05) is 12.4 Å². The molecule has 1 aliphatic rings. The van der Waals surface area contributed by atoms with Crippen LogP contribution >= 0.6 is 11.6 Å². The molecule has 100 valence electrons. The van der Waals surface area contributed by atoms with Gasteiger partial charge >= 0.3 is 0 Å². The summed E-state index contributed by atoms with van der Waals surface area (Å²) in [7, 11) is -3.48. The Bertz CT molecular complexity index is 518. The number of rotatable bonds is 3. The lowest BCUT2D eigenvalue weighted by molar-refractivity contribution is 0.0404. The van der Waals surface area contributed by atoms with Crippen molar-refractivity contribution in [1.29, 1.82) is 0 Å². The molecule has 4 nitrogen and oxygen atoms in total. The maximum atomic E-state index is 12.5. The molecule has 0 bridgehead atoms. The number of nitrogens with zero attached hydrogens (tertiary/aromatic N) is 1. The average Bonchev–Trinajstić information content (AvgIpc) is 2.38. The standard InChI is InChI=1S/C12H16ClNO3S/c1-10-3-2-4-12(7-10)18(15,16)14-5-6-17-9-11(14)8-13/h2-4,7,11H,5-6,8-9H2,1H3. The fourth-order valence-electron chi connectivity index (χ4n) is 1.99. The summed E-state index contributed by atoms with van der Waals surface area (Å²) in [5.41, 5.74) is 0.923. The quantitative estimate of drug-likeness (QED) is 0.795. The summed E-state index contributed by atoms with van der Waals surface area (Å²) in [6.07, 6.45) is 0. The molecule has 0 amide bonds. The number of sulfonamides is 1. The number of alkyl halides is 1. The van der Waals surface area contributed by atoms with Crippen molar-refractivity contribution >= 4 is 21.6 Å². The molecular formula is C12H16ClNO3S. The molecule has 18 heavy (non-hydrogen) atoms. The SMILES string of the molecule is Cc1cccc(S(=O)(=O)N2CCOCC2CCl)c1. The molecule has 0 N–H and O–H groups in total. The second-order valence-corrected chi connectivity index (χ2v) is 6.51. The third kappa shape index (κ3) is 2.69. The molecule has 1 unspecified atom stereocenters. The van der Waals surface area contributed by atoms with Gasteiger partial charge in [-0.15, -0.1) is 11.6 Å². The normalized spacial score (nSPS) is 22.0. The van der Waals surface area contributed by atoms with Gasteiger partial charge in [0.1, 0.15) is 0 Å². The van der Waals surface area contributed by atoms with Gasteiger partial charge in [-0.3, -0.25) is 0 Å². The summed E-state index contributed by atoms with van der Waals surface area (Å²) < 4.78 is 31.8. The zero-order chi connectivity index (χ0) is 13.2. The van der Waals surface area contributed by atoms with E-state index in [1.54, 1.807) is 18.2 Å². The lowest BCUT2D eigenvalue weighted by Crippen LogP contribution is -2.49. The molecule has 1 aromatic carbocycles. The molecule has 0 radical (unpaired) electrons. The van der Waals surface area contributed by atoms with E-state index in [9.17, 15) is 8.42 Å². The summed E-state index contributed by atoms with van der Waals surface area (Å²) in [5, 5.41) is 0. The summed E-state index contributed by atoms with van der Waals surface area (Å²) in [5.74, 6) is 0.241. The summed E-state index contributed by atoms with van der Waals surface area (Å²) >= 11 is 5.81. The molecule has 1 aromatic rings. The van der Waals surface area contributed by atoms with E-state index in [4.69, 9.17) is 16.3 Å². The first-order valence-corrected chi connectivity index (χ1v) is 7.75. The van der Waals surface area contributed by atoms with E-state index < -0.39 is 10.0 Å². The van der Waals surface area contributed by atoms with Crippen LogP contribution in [0.1, 0.15) is 5.56 Å². The smallest absolute Gasteiger partial charge is 0.243 e. The fraction of sp³-hybridized carbons (Fsp3) is 0.500. The van der Waals surface area contributed by atoms with Crippen LogP contribution < -0.4 is 0 Å². The minimum atomic E-state index is -3.48. The molecule has 0 saturated carbocycles. The number of benzene rings is 1. The Morgan fingerprint density at radius 2 is 2.28 bits per heavy atom. The first-order chi connectivity index (χ1) is 8.55. The zero-order valence-corrected chi connectivity index (χ0v) is 11.7. The topological polar surface area (TPSA) is 46.6 Å². The second kappa shape index (κ2) is 5.57. The summed E-state index contributed by atoms with van der Waals surface area (Å²) in [6, 6.07) is 6.63. The largest absolute Gasteiger partial charge is 0.378 e. The predicted octanol–water partition coefficient (Wildman–Crippen LogP) is 1.62. The van der Waals surface area contributed by atoms with Crippen LogP contribution in [0.2, 0.25) is 0 Å². The van der Waals surface area contributed by atoms with Crippen LogP contribution in [0, 0.1) is 6.92 Å². The zero-order valence-electron chi connectivity index (χ0n) is 10.2. The van der Waals surface area contributed by atoms with E-state index in [1.165, 1.54) is 4.31 Å². The van der Waals surface area contributed by atoms with Gasteiger partial charge in [-0.2, -0.15) is 4.31 Å². The van der Waals surface area contributed by atoms with Crippen molar-refractivity contribution in [2.24, 2.45) is 0 Å². The minimum Gasteiger partial charge on any atom is -0.378 e. The molecule has 6 heteroatoms. The van der Waals surface area contributed by atoms with Gasteiger partial charge in [0.15, 0.2) is 0 Å². The number of hydrogen-bond acceptors (Lipinski definition) is 3. The Kier molecular flexibility index (Phi) is 4.27. The van der Waals surface area contributed by atoms with E-state index in [2.05, 4.69) is 0 Å². The van der Waals surface area contributed by atoms with E-state index in [1.807, 2.05) is 13.0 Å². The Hall–Kier alpha value is -0.620. The monoisotopic (exact) mass is 289 g/mol. The van der Waals surface area contributed by atoms with E-state index >= 15 is 0 Å². The Morgan fingerprint density at radius 3 is 2.94 bits per heavy atom. The van der Waals surface area contributed by atoms with E-state index in [0.717, 1.165) is 5.56 Å². The molecule has 0 aromatic heterocycles. The molecule has 1 atom stereocenters. The Morgan fingerprint density at radius 1 is 1.50 bits per heavy atom. The molecule has 1 saturated heterocycles. The van der Waals surface area contributed by atoms with Crippen molar-refractivity contribution in [2.75, 3.05) is 25.6 Å². The molecule has 0 aliphatic carbocycles. The summed E-state index contributed by atoms with van der Waals surface area (Å²) in [6.45, 7) is 3.00. The van der Waals surface area contributed by atoms with Crippen LogP contribution in [-0.4, -0.2) is 44.4 Å². The van der Waals surface area contributed by atoms with Crippen LogP contribution in [-0.2, 0) is 14.8 Å². The first-order valence-electron chi connectivity index (χ1n) is 5.78. The predicted molar refractivity (Wildman–Crippen MR) is 70.4 cm³/mol. The Labute approximate surface area is 113 Å². The summed E-state index contributed by atoms with van der Waals surface area (Å²) in [4.78, 5) is 0.319.